The van der Waals surface area contributed by atoms with E-state index in [9.17, 15) is 29.3 Å². The van der Waals surface area contributed by atoms with E-state index < -0.39 is 40.8 Å². The highest BCUT2D eigenvalue weighted by Crippen LogP contribution is 2.33. The smallest absolute Gasteiger partial charge is 0.433 e. The highest BCUT2D eigenvalue weighted by molar-refractivity contribution is 6.36. The summed E-state index contributed by atoms with van der Waals surface area (Å²) in [5, 5.41) is 13.0. The van der Waals surface area contributed by atoms with Crippen molar-refractivity contribution >= 4 is 46.6 Å². The molecule has 0 fully saturated rings. The number of nitrogens with zero attached hydrogens (tertiary/aromatic N) is 1. The van der Waals surface area contributed by atoms with Gasteiger partial charge >= 0.3 is 11.9 Å². The molecule has 2 aromatic carbocycles. The molecule has 1 amide bonds. The molecule has 1 aromatic heterocycles. The predicted molar refractivity (Wildman–Crippen MR) is 109 cm³/mol. The van der Waals surface area contributed by atoms with E-state index in [-0.39, 0.29) is 38.7 Å². The Kier molecular flexibility index (Phi) is 5.29. The molecular formula is C21H11ClN2O8. The topological polar surface area (TPSA) is 146 Å². The van der Waals surface area contributed by atoms with Gasteiger partial charge in [-0.1, -0.05) is 35.9 Å². The second-order valence-corrected chi connectivity index (χ2v) is 7.01. The lowest BCUT2D eigenvalue weighted by atomic mass is 9.84. The molecule has 1 heterocycles. The lowest BCUT2D eigenvalue weighted by Gasteiger charge is -2.19. The van der Waals surface area contributed by atoms with Crippen LogP contribution in [0.1, 0.15) is 42.4 Å². The van der Waals surface area contributed by atoms with E-state index in [1.54, 1.807) is 18.2 Å². The number of hydrogen-bond acceptors (Lipinski definition) is 8. The summed E-state index contributed by atoms with van der Waals surface area (Å²) in [5.41, 5.74) is 0.741. The van der Waals surface area contributed by atoms with E-state index in [0.29, 0.717) is 0 Å². The minimum absolute atomic E-state index is 0.00520. The molecule has 4 rings (SSSR count). The number of nitrogens with one attached hydrogen (secondary N) is 1. The monoisotopic (exact) mass is 454 g/mol. The average molecular weight is 455 g/mol. The first-order chi connectivity index (χ1) is 15.3. The first-order valence-corrected chi connectivity index (χ1v) is 9.37. The molecule has 0 bridgehead atoms. The number of carbonyl (C=O) groups excluding carboxylic acids is 4. The highest BCUT2D eigenvalue weighted by Gasteiger charge is 2.30. The molecule has 1 N–H and O–H groups in total. The number of rotatable bonds is 5. The molecule has 0 aliphatic heterocycles. The molecule has 160 valence electrons. The molecule has 0 atom stereocenters. The predicted octanol–water partition coefficient (Wildman–Crippen LogP) is 3.41. The fourth-order valence-electron chi connectivity index (χ4n) is 3.14. The van der Waals surface area contributed by atoms with Crippen molar-refractivity contribution in [2.24, 2.45) is 0 Å². The Bertz CT molecular complexity index is 1330. The van der Waals surface area contributed by atoms with Crippen LogP contribution in [0.25, 0.3) is 0 Å². The summed E-state index contributed by atoms with van der Waals surface area (Å²) in [6.07, 6.45) is 0. The van der Waals surface area contributed by atoms with Gasteiger partial charge in [0.1, 0.15) is 4.92 Å². The Morgan fingerprint density at radius 3 is 2.22 bits per heavy atom. The fraction of sp³-hybridized carbons (Fsp3) is 0.0476. The van der Waals surface area contributed by atoms with Gasteiger partial charge < -0.3 is 14.5 Å². The summed E-state index contributed by atoms with van der Waals surface area (Å²) >= 11 is 6.17. The van der Waals surface area contributed by atoms with Crippen LogP contribution in [-0.2, 0) is 9.53 Å². The van der Waals surface area contributed by atoms with Crippen molar-refractivity contribution in [3.8, 4) is 0 Å². The molecule has 1 aliphatic carbocycles. The molecule has 0 saturated heterocycles. The summed E-state index contributed by atoms with van der Waals surface area (Å²) < 4.78 is 9.45. The van der Waals surface area contributed by atoms with Gasteiger partial charge in [-0.15, -0.1) is 0 Å². The first-order valence-electron chi connectivity index (χ1n) is 8.99. The Morgan fingerprint density at radius 2 is 1.62 bits per heavy atom. The Balaban J connectivity index is 1.48. The third kappa shape index (κ3) is 3.74. The zero-order valence-corrected chi connectivity index (χ0v) is 16.7. The number of ketones is 2. The molecular weight excluding hydrogens is 444 g/mol. The minimum Gasteiger partial charge on any atom is -0.450 e. The van der Waals surface area contributed by atoms with Gasteiger partial charge in [-0.05, 0) is 18.2 Å². The number of furan rings is 1. The number of carbonyl (C=O) groups is 4. The molecule has 11 heteroatoms. The van der Waals surface area contributed by atoms with Gasteiger partial charge in [-0.25, -0.2) is 4.79 Å². The van der Waals surface area contributed by atoms with E-state index in [4.69, 9.17) is 20.8 Å². The number of hydrogen-bond donors (Lipinski definition) is 1. The zero-order chi connectivity index (χ0) is 23.0. The molecule has 10 nitrogen and oxygen atoms in total. The van der Waals surface area contributed by atoms with E-state index in [0.717, 1.165) is 12.1 Å². The van der Waals surface area contributed by atoms with E-state index in [1.807, 2.05) is 0 Å². The van der Waals surface area contributed by atoms with Crippen molar-refractivity contribution in [3.63, 3.8) is 0 Å². The normalized spacial score (nSPS) is 12.0. The molecule has 3 aromatic rings. The van der Waals surface area contributed by atoms with E-state index in [1.165, 1.54) is 18.2 Å². The number of halogens is 1. The zero-order valence-electron chi connectivity index (χ0n) is 15.9. The SMILES string of the molecule is O=C(COC(=O)c1ccc([N+](=O)[O-])o1)Nc1cc2c(cc1Cl)C(=O)c1ccccc1C2=O. The number of fused-ring (bicyclic) bond motifs is 2. The van der Waals surface area contributed by atoms with Gasteiger partial charge in [0.25, 0.3) is 5.91 Å². The lowest BCUT2D eigenvalue weighted by Crippen LogP contribution is -2.23. The van der Waals surface area contributed by atoms with Crippen LogP contribution in [0.2, 0.25) is 5.02 Å². The van der Waals surface area contributed by atoms with Crippen molar-refractivity contribution in [1.29, 1.82) is 0 Å². The number of amides is 1. The van der Waals surface area contributed by atoms with Crippen LogP contribution in [0, 0.1) is 10.1 Å². The van der Waals surface area contributed by atoms with Crippen LogP contribution in [0.3, 0.4) is 0 Å². The summed E-state index contributed by atoms with van der Waals surface area (Å²) in [4.78, 5) is 59.3. The van der Waals surface area contributed by atoms with Crippen molar-refractivity contribution in [1.82, 2.24) is 0 Å². The fourth-order valence-corrected chi connectivity index (χ4v) is 3.35. The second-order valence-electron chi connectivity index (χ2n) is 6.60. The average Bonchev–Trinajstić information content (AvgIpc) is 3.28. The first kappa shape index (κ1) is 20.9. The number of benzene rings is 2. The maximum Gasteiger partial charge on any atom is 0.433 e. The minimum atomic E-state index is -1.08. The van der Waals surface area contributed by atoms with Gasteiger partial charge in [-0.3, -0.25) is 24.5 Å². The van der Waals surface area contributed by atoms with Crippen LogP contribution in [-0.4, -0.2) is 35.0 Å². The van der Waals surface area contributed by atoms with E-state index in [2.05, 4.69) is 5.32 Å². The molecule has 0 radical (unpaired) electrons. The summed E-state index contributed by atoms with van der Waals surface area (Å²) in [6.45, 7) is -0.754. The van der Waals surface area contributed by atoms with Crippen LogP contribution in [0.5, 0.6) is 0 Å². The number of esters is 1. The molecule has 0 saturated carbocycles. The van der Waals surface area contributed by atoms with Crippen LogP contribution in [0.15, 0.2) is 52.9 Å². The van der Waals surface area contributed by atoms with Gasteiger partial charge in [0, 0.05) is 22.3 Å². The summed E-state index contributed by atoms with van der Waals surface area (Å²) in [6, 6.07) is 10.9. The van der Waals surface area contributed by atoms with Crippen molar-refractivity contribution in [2.45, 2.75) is 0 Å². The third-order valence-electron chi connectivity index (χ3n) is 4.59. The highest BCUT2D eigenvalue weighted by atomic mass is 35.5. The molecule has 0 unspecified atom stereocenters. The van der Waals surface area contributed by atoms with Crippen molar-refractivity contribution < 1.29 is 33.3 Å². The summed E-state index contributed by atoms with van der Waals surface area (Å²) in [7, 11) is 0. The largest absolute Gasteiger partial charge is 0.450 e. The quantitative estimate of drug-likeness (QED) is 0.274. The van der Waals surface area contributed by atoms with Gasteiger partial charge in [0.15, 0.2) is 18.2 Å². The second kappa shape index (κ2) is 8.08. The number of anilines is 1. The Morgan fingerprint density at radius 1 is 1.00 bits per heavy atom. The van der Waals surface area contributed by atoms with Crippen LogP contribution in [0.4, 0.5) is 11.6 Å². The maximum absolute atomic E-state index is 12.8. The molecule has 0 spiro atoms. The van der Waals surface area contributed by atoms with Crippen LogP contribution < -0.4 is 5.32 Å². The van der Waals surface area contributed by atoms with Gasteiger partial charge in [0.05, 0.1) is 16.8 Å². The van der Waals surface area contributed by atoms with E-state index >= 15 is 0 Å². The van der Waals surface area contributed by atoms with Crippen LogP contribution >= 0.6 is 11.6 Å². The lowest BCUT2D eigenvalue weighted by molar-refractivity contribution is -0.402. The van der Waals surface area contributed by atoms with Gasteiger partial charge in [-0.2, -0.15) is 0 Å². The third-order valence-corrected chi connectivity index (χ3v) is 4.91. The number of nitro groups is 1. The van der Waals surface area contributed by atoms with Crippen molar-refractivity contribution in [2.75, 3.05) is 11.9 Å². The Labute approximate surface area is 183 Å². The molecule has 32 heavy (non-hydrogen) atoms. The van der Waals surface area contributed by atoms with Gasteiger partial charge in [0.2, 0.25) is 5.76 Å². The molecule has 1 aliphatic rings. The number of ether oxygens (including phenoxy) is 1. The summed E-state index contributed by atoms with van der Waals surface area (Å²) in [5.74, 6) is -3.73. The Hall–Kier alpha value is -4.31. The maximum atomic E-state index is 12.8. The standard InChI is InChI=1S/C21H11ClN2O8/c22-14-7-12-13(20(27)11-4-2-1-3-10(11)19(12)26)8-15(14)23-17(25)9-31-21(28)16-5-6-18(32-16)24(29)30/h1-8H,9H2,(H,23,25). The van der Waals surface area contributed by atoms with Crippen molar-refractivity contribution in [3.05, 3.63) is 91.7 Å².